The fourth-order valence-electron chi connectivity index (χ4n) is 3.47. The second-order valence-electron chi connectivity index (χ2n) is 7.00. The van der Waals surface area contributed by atoms with Crippen molar-refractivity contribution < 1.29 is 14.3 Å². The van der Waals surface area contributed by atoms with E-state index in [1.165, 1.54) is 18.8 Å². The van der Waals surface area contributed by atoms with Crippen LogP contribution in [-0.4, -0.2) is 29.7 Å². The minimum absolute atomic E-state index is 0.204. The van der Waals surface area contributed by atoms with Crippen molar-refractivity contribution in [1.82, 2.24) is 9.55 Å². The van der Waals surface area contributed by atoms with Crippen LogP contribution < -0.4 is 20.3 Å². The number of nitrogens with one attached hydrogen (secondary N) is 1. The summed E-state index contributed by atoms with van der Waals surface area (Å²) in [4.78, 5) is 30.6. The molecule has 0 unspecified atom stereocenters. The summed E-state index contributed by atoms with van der Waals surface area (Å²) in [6, 6.07) is 17.0. The monoisotopic (exact) mass is 449 g/mol. The molecule has 4 rings (SSSR count). The molecule has 0 aliphatic heterocycles. The molecule has 1 amide bonds. The van der Waals surface area contributed by atoms with Crippen LogP contribution >= 0.6 is 11.6 Å². The van der Waals surface area contributed by atoms with Gasteiger partial charge in [-0.15, -0.1) is 0 Å². The Morgan fingerprint density at radius 3 is 2.56 bits per heavy atom. The smallest absolute Gasteiger partial charge is 0.265 e. The number of hydrogen-bond acceptors (Lipinski definition) is 5. The van der Waals surface area contributed by atoms with E-state index in [-0.39, 0.29) is 5.56 Å². The number of halogens is 1. The SMILES string of the molecule is COc1ccc(C(=O)Nc2cc(-n3c(C)nc4ccccc4c3=O)ccc2Cl)c(OC)c1. The Morgan fingerprint density at radius 1 is 1.03 bits per heavy atom. The van der Waals surface area contributed by atoms with Crippen molar-refractivity contribution in [2.45, 2.75) is 6.92 Å². The van der Waals surface area contributed by atoms with Gasteiger partial charge in [-0.3, -0.25) is 14.2 Å². The summed E-state index contributed by atoms with van der Waals surface area (Å²) in [5, 5.41) is 3.63. The number of carbonyl (C=O) groups excluding carboxylic acids is 1. The average Bonchev–Trinajstić information content (AvgIpc) is 2.80. The van der Waals surface area contributed by atoms with Gasteiger partial charge in [0.05, 0.1) is 47.1 Å². The number of amides is 1. The molecule has 1 aromatic heterocycles. The van der Waals surface area contributed by atoms with Gasteiger partial charge >= 0.3 is 0 Å². The lowest BCUT2D eigenvalue weighted by atomic mass is 10.1. The molecule has 0 bridgehead atoms. The molecule has 32 heavy (non-hydrogen) atoms. The number of benzene rings is 3. The van der Waals surface area contributed by atoms with E-state index in [2.05, 4.69) is 10.3 Å². The number of aryl methyl sites for hydroxylation is 1. The van der Waals surface area contributed by atoms with Gasteiger partial charge in [-0.05, 0) is 49.4 Å². The summed E-state index contributed by atoms with van der Waals surface area (Å²) < 4.78 is 12.0. The van der Waals surface area contributed by atoms with Crippen LogP contribution in [0.15, 0.2) is 65.5 Å². The lowest BCUT2D eigenvalue weighted by Gasteiger charge is -2.15. The van der Waals surface area contributed by atoms with Crippen molar-refractivity contribution in [2.75, 3.05) is 19.5 Å². The van der Waals surface area contributed by atoms with E-state index in [0.29, 0.717) is 50.2 Å². The van der Waals surface area contributed by atoms with Crippen LogP contribution in [-0.2, 0) is 0 Å². The van der Waals surface area contributed by atoms with Gasteiger partial charge < -0.3 is 14.8 Å². The average molecular weight is 450 g/mol. The summed E-state index contributed by atoms with van der Waals surface area (Å²) in [5.41, 5.74) is 1.62. The van der Waals surface area contributed by atoms with Crippen molar-refractivity contribution in [3.63, 3.8) is 0 Å². The third kappa shape index (κ3) is 3.90. The van der Waals surface area contributed by atoms with Crippen LogP contribution in [0.1, 0.15) is 16.2 Å². The zero-order valence-corrected chi connectivity index (χ0v) is 18.4. The molecule has 4 aromatic rings. The molecule has 1 N–H and O–H groups in total. The van der Waals surface area contributed by atoms with Crippen LogP contribution in [0.3, 0.4) is 0 Å². The van der Waals surface area contributed by atoms with Gasteiger partial charge in [0.2, 0.25) is 0 Å². The molecular formula is C24H20ClN3O4. The minimum Gasteiger partial charge on any atom is -0.497 e. The molecular weight excluding hydrogens is 430 g/mol. The molecule has 0 saturated heterocycles. The number of carbonyl (C=O) groups is 1. The van der Waals surface area contributed by atoms with Gasteiger partial charge in [-0.25, -0.2) is 4.98 Å². The summed E-state index contributed by atoms with van der Waals surface area (Å²) in [7, 11) is 3.01. The molecule has 7 nitrogen and oxygen atoms in total. The van der Waals surface area contributed by atoms with Crippen LogP contribution in [0.5, 0.6) is 11.5 Å². The maximum Gasteiger partial charge on any atom is 0.265 e. The lowest BCUT2D eigenvalue weighted by molar-refractivity contribution is 0.102. The normalized spacial score (nSPS) is 10.8. The molecule has 0 aliphatic carbocycles. The molecule has 0 radical (unpaired) electrons. The number of hydrogen-bond donors (Lipinski definition) is 1. The molecule has 0 saturated carbocycles. The van der Waals surface area contributed by atoms with Gasteiger partial charge in [0, 0.05) is 6.07 Å². The Hall–Kier alpha value is -3.84. The van der Waals surface area contributed by atoms with Gasteiger partial charge in [0.25, 0.3) is 11.5 Å². The summed E-state index contributed by atoms with van der Waals surface area (Å²) in [6.07, 6.45) is 0. The van der Waals surface area contributed by atoms with E-state index in [9.17, 15) is 9.59 Å². The number of fused-ring (bicyclic) bond motifs is 1. The third-order valence-corrected chi connectivity index (χ3v) is 5.38. The topological polar surface area (TPSA) is 82.5 Å². The quantitative estimate of drug-likeness (QED) is 0.481. The van der Waals surface area contributed by atoms with Crippen molar-refractivity contribution in [3.05, 3.63) is 87.4 Å². The zero-order chi connectivity index (χ0) is 22.8. The first-order chi connectivity index (χ1) is 15.4. The standard InChI is InChI=1S/C24H20ClN3O4/c1-14-26-20-7-5-4-6-17(20)24(30)28(14)15-8-11-19(25)21(12-15)27-23(29)18-10-9-16(31-2)13-22(18)32-3/h4-13H,1-3H3,(H,27,29). The summed E-state index contributed by atoms with van der Waals surface area (Å²) in [5.74, 6) is 1.03. The number of rotatable bonds is 5. The van der Waals surface area contributed by atoms with Gasteiger partial charge in [0.1, 0.15) is 17.3 Å². The van der Waals surface area contributed by atoms with Crippen LogP contribution in [0.4, 0.5) is 5.69 Å². The Balaban J connectivity index is 1.74. The number of anilines is 1. The number of para-hydroxylation sites is 1. The Morgan fingerprint density at radius 2 is 1.81 bits per heavy atom. The molecule has 162 valence electrons. The molecule has 0 atom stereocenters. The molecule has 8 heteroatoms. The fourth-order valence-corrected chi connectivity index (χ4v) is 3.64. The largest absolute Gasteiger partial charge is 0.497 e. The van der Waals surface area contributed by atoms with Crippen LogP contribution in [0, 0.1) is 6.92 Å². The highest BCUT2D eigenvalue weighted by molar-refractivity contribution is 6.34. The lowest BCUT2D eigenvalue weighted by Crippen LogP contribution is -2.22. The second-order valence-corrected chi connectivity index (χ2v) is 7.41. The van der Waals surface area contributed by atoms with Crippen LogP contribution in [0.2, 0.25) is 5.02 Å². The Labute approximate surface area is 189 Å². The van der Waals surface area contributed by atoms with E-state index in [0.717, 1.165) is 0 Å². The highest BCUT2D eigenvalue weighted by atomic mass is 35.5. The van der Waals surface area contributed by atoms with Gasteiger partial charge in [-0.1, -0.05) is 23.7 Å². The second kappa shape index (κ2) is 8.72. The van der Waals surface area contributed by atoms with Crippen molar-refractivity contribution >= 4 is 34.1 Å². The summed E-state index contributed by atoms with van der Waals surface area (Å²) >= 11 is 6.34. The molecule has 1 heterocycles. The van der Waals surface area contributed by atoms with E-state index < -0.39 is 5.91 Å². The fraction of sp³-hybridized carbons (Fsp3) is 0.125. The highest BCUT2D eigenvalue weighted by Gasteiger charge is 2.16. The predicted octanol–water partition coefficient (Wildman–Crippen LogP) is 4.62. The maximum absolute atomic E-state index is 13.1. The number of aromatic nitrogens is 2. The maximum atomic E-state index is 13.1. The predicted molar refractivity (Wildman–Crippen MR) is 125 cm³/mol. The molecule has 0 aliphatic rings. The molecule has 3 aromatic carbocycles. The van der Waals surface area contributed by atoms with E-state index >= 15 is 0 Å². The van der Waals surface area contributed by atoms with Gasteiger partial charge in [-0.2, -0.15) is 0 Å². The molecule has 0 spiro atoms. The first-order valence-corrected chi connectivity index (χ1v) is 10.1. The Bertz CT molecular complexity index is 1400. The minimum atomic E-state index is -0.413. The van der Waals surface area contributed by atoms with Crippen molar-refractivity contribution in [1.29, 1.82) is 0 Å². The summed E-state index contributed by atoms with van der Waals surface area (Å²) in [6.45, 7) is 1.75. The zero-order valence-electron chi connectivity index (χ0n) is 17.7. The molecule has 0 fully saturated rings. The van der Waals surface area contributed by atoms with Crippen LogP contribution in [0.25, 0.3) is 16.6 Å². The highest BCUT2D eigenvalue weighted by Crippen LogP contribution is 2.29. The Kier molecular flexibility index (Phi) is 5.83. The number of methoxy groups -OCH3 is 2. The number of nitrogens with zero attached hydrogens (tertiary/aromatic N) is 2. The van der Waals surface area contributed by atoms with E-state index in [1.54, 1.807) is 61.5 Å². The van der Waals surface area contributed by atoms with E-state index in [4.69, 9.17) is 21.1 Å². The van der Waals surface area contributed by atoms with Crippen molar-refractivity contribution in [2.24, 2.45) is 0 Å². The number of ether oxygens (including phenoxy) is 2. The third-order valence-electron chi connectivity index (χ3n) is 5.05. The van der Waals surface area contributed by atoms with E-state index in [1.807, 2.05) is 6.07 Å². The first kappa shape index (κ1) is 21.4. The first-order valence-electron chi connectivity index (χ1n) is 9.74. The van der Waals surface area contributed by atoms with Gasteiger partial charge in [0.15, 0.2) is 0 Å². The van der Waals surface area contributed by atoms with Crippen molar-refractivity contribution in [3.8, 4) is 17.2 Å².